The third-order valence-electron chi connectivity index (χ3n) is 3.39. The summed E-state index contributed by atoms with van der Waals surface area (Å²) in [5.41, 5.74) is 2.55. The van der Waals surface area contributed by atoms with Crippen LogP contribution in [-0.4, -0.2) is 18.4 Å². The molecule has 0 N–H and O–H groups in total. The third-order valence-corrected chi connectivity index (χ3v) is 3.39. The van der Waals surface area contributed by atoms with Gasteiger partial charge in [0.15, 0.2) is 0 Å². The summed E-state index contributed by atoms with van der Waals surface area (Å²) in [4.78, 5) is 23.4. The fourth-order valence-electron chi connectivity index (χ4n) is 2.27. The predicted molar refractivity (Wildman–Crippen MR) is 85.6 cm³/mol. The van der Waals surface area contributed by atoms with E-state index in [-0.39, 0.29) is 30.4 Å². The van der Waals surface area contributed by atoms with Crippen LogP contribution in [0, 0.1) is 5.82 Å². The lowest BCUT2D eigenvalue weighted by Gasteiger charge is -2.05. The Labute approximate surface area is 135 Å². The number of ether oxygens (including phenoxy) is 1. The van der Waals surface area contributed by atoms with Gasteiger partial charge in [-0.1, -0.05) is 36.4 Å². The van der Waals surface area contributed by atoms with Gasteiger partial charge < -0.3 is 4.74 Å². The fraction of sp³-hybridized carbons (Fsp3) is 0.263. The van der Waals surface area contributed by atoms with Crippen molar-refractivity contribution in [3.63, 3.8) is 0 Å². The highest BCUT2D eigenvalue weighted by Crippen LogP contribution is 2.10. The van der Waals surface area contributed by atoms with E-state index < -0.39 is 0 Å². The van der Waals surface area contributed by atoms with Crippen LogP contribution < -0.4 is 0 Å². The Morgan fingerprint density at radius 3 is 1.74 bits per heavy atom. The molecule has 23 heavy (non-hydrogen) atoms. The predicted octanol–water partition coefficient (Wildman–Crippen LogP) is 3.29. The normalized spacial score (nSPS) is 10.3. The summed E-state index contributed by atoms with van der Waals surface area (Å²) < 4.78 is 17.7. The Morgan fingerprint density at radius 2 is 1.26 bits per heavy atom. The summed E-state index contributed by atoms with van der Waals surface area (Å²) in [6.45, 7) is 2.14. The maximum atomic E-state index is 12.8. The maximum absolute atomic E-state index is 12.8. The monoisotopic (exact) mass is 314 g/mol. The van der Waals surface area contributed by atoms with E-state index in [1.165, 1.54) is 12.1 Å². The number of Topliss-reactive ketones (excluding diaryl/α,β-unsaturated/α-hetero) is 1. The van der Waals surface area contributed by atoms with Crippen molar-refractivity contribution in [2.45, 2.75) is 26.2 Å². The second-order valence-corrected chi connectivity index (χ2v) is 5.32. The van der Waals surface area contributed by atoms with Crippen molar-refractivity contribution < 1.29 is 18.7 Å². The highest BCUT2D eigenvalue weighted by molar-refractivity contribution is 5.83. The molecule has 0 atom stereocenters. The quantitative estimate of drug-likeness (QED) is 0.737. The first-order chi connectivity index (χ1) is 11.1. The van der Waals surface area contributed by atoms with Crippen molar-refractivity contribution in [3.05, 3.63) is 71.0 Å². The van der Waals surface area contributed by atoms with Crippen LogP contribution in [0.5, 0.6) is 0 Å². The minimum Gasteiger partial charge on any atom is -0.466 e. The molecule has 0 saturated carbocycles. The standard InChI is InChI=1S/C19H19FO3/c1-2-23-19(22)13-16-5-3-14(4-6-16)11-18(21)12-15-7-9-17(20)10-8-15/h3-10H,2,11-13H2,1H3. The van der Waals surface area contributed by atoms with Gasteiger partial charge in [-0.15, -0.1) is 0 Å². The number of ketones is 1. The second kappa shape index (κ2) is 8.22. The Morgan fingerprint density at radius 1 is 0.826 bits per heavy atom. The molecule has 3 nitrogen and oxygen atoms in total. The van der Waals surface area contributed by atoms with Crippen LogP contribution >= 0.6 is 0 Å². The van der Waals surface area contributed by atoms with Crippen LogP contribution in [0.4, 0.5) is 4.39 Å². The first kappa shape index (κ1) is 16.9. The lowest BCUT2D eigenvalue weighted by molar-refractivity contribution is -0.142. The van der Waals surface area contributed by atoms with Crippen molar-refractivity contribution in [1.29, 1.82) is 0 Å². The molecule has 120 valence electrons. The van der Waals surface area contributed by atoms with Gasteiger partial charge in [-0.3, -0.25) is 9.59 Å². The minimum absolute atomic E-state index is 0.0646. The van der Waals surface area contributed by atoms with Gasteiger partial charge in [0.25, 0.3) is 0 Å². The molecule has 0 saturated heterocycles. The van der Waals surface area contributed by atoms with Crippen LogP contribution in [0.2, 0.25) is 0 Å². The molecule has 0 fully saturated rings. The van der Waals surface area contributed by atoms with E-state index in [9.17, 15) is 14.0 Å². The van der Waals surface area contributed by atoms with Crippen molar-refractivity contribution in [2.24, 2.45) is 0 Å². The minimum atomic E-state index is -0.307. The van der Waals surface area contributed by atoms with E-state index in [0.29, 0.717) is 13.0 Å². The number of hydrogen-bond donors (Lipinski definition) is 0. The topological polar surface area (TPSA) is 43.4 Å². The van der Waals surface area contributed by atoms with Crippen LogP contribution in [0.15, 0.2) is 48.5 Å². The van der Waals surface area contributed by atoms with Crippen LogP contribution in [-0.2, 0) is 33.6 Å². The summed E-state index contributed by atoms with van der Waals surface area (Å²) in [6, 6.07) is 13.3. The summed E-state index contributed by atoms with van der Waals surface area (Å²) in [5.74, 6) is -0.499. The van der Waals surface area contributed by atoms with E-state index in [0.717, 1.165) is 16.7 Å². The molecule has 2 aromatic rings. The van der Waals surface area contributed by atoms with Crippen molar-refractivity contribution in [2.75, 3.05) is 6.61 Å². The lowest BCUT2D eigenvalue weighted by Crippen LogP contribution is -2.08. The van der Waals surface area contributed by atoms with Gasteiger partial charge in [-0.2, -0.15) is 0 Å². The summed E-state index contributed by atoms with van der Waals surface area (Å²) in [7, 11) is 0. The largest absolute Gasteiger partial charge is 0.466 e. The van der Waals surface area contributed by atoms with E-state index in [2.05, 4.69) is 0 Å². The molecule has 0 heterocycles. The smallest absolute Gasteiger partial charge is 0.310 e. The molecule has 4 heteroatoms. The average molecular weight is 314 g/mol. The van der Waals surface area contributed by atoms with Crippen LogP contribution in [0.1, 0.15) is 23.6 Å². The number of rotatable bonds is 7. The van der Waals surface area contributed by atoms with Gasteiger partial charge >= 0.3 is 5.97 Å². The van der Waals surface area contributed by atoms with Crippen molar-refractivity contribution >= 4 is 11.8 Å². The second-order valence-electron chi connectivity index (χ2n) is 5.32. The van der Waals surface area contributed by atoms with Gasteiger partial charge in [0.05, 0.1) is 13.0 Å². The highest BCUT2D eigenvalue weighted by atomic mass is 19.1. The molecule has 0 unspecified atom stereocenters. The molecular formula is C19H19FO3. The zero-order valence-electron chi connectivity index (χ0n) is 13.0. The maximum Gasteiger partial charge on any atom is 0.310 e. The summed E-state index contributed by atoms with van der Waals surface area (Å²) in [5, 5.41) is 0. The van der Waals surface area contributed by atoms with Gasteiger partial charge in [-0.25, -0.2) is 4.39 Å². The number of hydrogen-bond acceptors (Lipinski definition) is 3. The number of carbonyl (C=O) groups is 2. The first-order valence-electron chi connectivity index (χ1n) is 7.56. The Bertz CT molecular complexity index is 660. The van der Waals surface area contributed by atoms with Gasteiger partial charge in [0.1, 0.15) is 11.6 Å². The van der Waals surface area contributed by atoms with Crippen molar-refractivity contribution in [3.8, 4) is 0 Å². The molecule has 2 aromatic carbocycles. The van der Waals surface area contributed by atoms with Gasteiger partial charge in [0, 0.05) is 12.8 Å². The molecule has 0 aliphatic carbocycles. The van der Waals surface area contributed by atoms with E-state index in [4.69, 9.17) is 4.74 Å². The van der Waals surface area contributed by atoms with Gasteiger partial charge in [-0.05, 0) is 35.7 Å². The molecule has 0 amide bonds. The molecule has 2 rings (SSSR count). The zero-order valence-corrected chi connectivity index (χ0v) is 13.0. The zero-order chi connectivity index (χ0) is 16.7. The number of carbonyl (C=O) groups excluding carboxylic acids is 2. The molecule has 0 aliphatic heterocycles. The molecule has 0 spiro atoms. The number of esters is 1. The molecule has 0 aromatic heterocycles. The molecule has 0 bridgehead atoms. The Balaban J connectivity index is 1.88. The summed E-state index contributed by atoms with van der Waals surface area (Å²) >= 11 is 0. The van der Waals surface area contributed by atoms with Crippen LogP contribution in [0.3, 0.4) is 0 Å². The van der Waals surface area contributed by atoms with E-state index >= 15 is 0 Å². The Hall–Kier alpha value is -2.49. The first-order valence-corrected chi connectivity index (χ1v) is 7.56. The lowest BCUT2D eigenvalue weighted by atomic mass is 10.0. The average Bonchev–Trinajstić information content (AvgIpc) is 2.52. The van der Waals surface area contributed by atoms with E-state index in [1.807, 2.05) is 24.3 Å². The summed E-state index contributed by atoms with van der Waals surface area (Å²) in [6.07, 6.45) is 0.833. The van der Waals surface area contributed by atoms with Gasteiger partial charge in [0.2, 0.25) is 0 Å². The fourth-order valence-corrected chi connectivity index (χ4v) is 2.27. The third kappa shape index (κ3) is 5.66. The molecular weight excluding hydrogens is 295 g/mol. The Kier molecular flexibility index (Phi) is 6.03. The molecule has 0 radical (unpaired) electrons. The van der Waals surface area contributed by atoms with Crippen LogP contribution in [0.25, 0.3) is 0 Å². The number of benzene rings is 2. The highest BCUT2D eigenvalue weighted by Gasteiger charge is 2.07. The number of halogens is 1. The van der Waals surface area contributed by atoms with E-state index in [1.54, 1.807) is 19.1 Å². The molecule has 0 aliphatic rings. The SMILES string of the molecule is CCOC(=O)Cc1ccc(CC(=O)Cc2ccc(F)cc2)cc1. The van der Waals surface area contributed by atoms with Crippen molar-refractivity contribution in [1.82, 2.24) is 0 Å².